The lowest BCUT2D eigenvalue weighted by atomic mass is 10.4. The summed E-state index contributed by atoms with van der Waals surface area (Å²) in [5.74, 6) is 5.19. The summed E-state index contributed by atoms with van der Waals surface area (Å²) in [5, 5.41) is 0. The molecular weight excluding hydrogens is 287 g/mol. The van der Waals surface area contributed by atoms with Crippen LogP contribution in [0, 0.1) is 6.92 Å². The SMILES string of the molecule is Cc1ccc(CN(C)c2cc(NN)nc(C(F)(F)F)n2)o1. The molecule has 6 nitrogen and oxygen atoms in total. The summed E-state index contributed by atoms with van der Waals surface area (Å²) < 4.78 is 43.6. The van der Waals surface area contributed by atoms with Crippen molar-refractivity contribution >= 4 is 11.6 Å². The van der Waals surface area contributed by atoms with Crippen LogP contribution in [0.5, 0.6) is 0 Å². The molecule has 0 saturated carbocycles. The maximum Gasteiger partial charge on any atom is 0.451 e. The van der Waals surface area contributed by atoms with Crippen molar-refractivity contribution in [3.63, 3.8) is 0 Å². The van der Waals surface area contributed by atoms with E-state index in [1.807, 2.05) is 0 Å². The lowest BCUT2D eigenvalue weighted by molar-refractivity contribution is -0.144. The lowest BCUT2D eigenvalue weighted by Crippen LogP contribution is -2.22. The van der Waals surface area contributed by atoms with E-state index in [9.17, 15) is 13.2 Å². The molecule has 0 radical (unpaired) electrons. The number of alkyl halides is 3. The number of furan rings is 1. The molecule has 2 heterocycles. The zero-order chi connectivity index (χ0) is 15.6. The highest BCUT2D eigenvalue weighted by Gasteiger charge is 2.35. The Balaban J connectivity index is 2.29. The largest absolute Gasteiger partial charge is 0.464 e. The molecule has 0 spiro atoms. The van der Waals surface area contributed by atoms with Crippen molar-refractivity contribution in [2.24, 2.45) is 5.84 Å². The minimum atomic E-state index is -4.65. The number of nitrogens with zero attached hydrogens (tertiary/aromatic N) is 3. The number of hydrogen-bond donors (Lipinski definition) is 2. The quantitative estimate of drug-likeness (QED) is 0.666. The molecule has 0 fully saturated rings. The fourth-order valence-corrected chi connectivity index (χ4v) is 1.72. The molecule has 2 rings (SSSR count). The molecular formula is C12H14F3N5O. The molecule has 3 N–H and O–H groups in total. The van der Waals surface area contributed by atoms with E-state index < -0.39 is 12.0 Å². The van der Waals surface area contributed by atoms with Crippen molar-refractivity contribution in [3.05, 3.63) is 35.5 Å². The Morgan fingerprint density at radius 3 is 2.57 bits per heavy atom. The van der Waals surface area contributed by atoms with Crippen LogP contribution in [0.1, 0.15) is 17.3 Å². The fourth-order valence-electron chi connectivity index (χ4n) is 1.72. The molecule has 0 bridgehead atoms. The molecule has 0 aliphatic heterocycles. The molecule has 0 amide bonds. The van der Waals surface area contributed by atoms with Gasteiger partial charge in [0.1, 0.15) is 23.2 Å². The molecule has 114 valence electrons. The summed E-state index contributed by atoms with van der Waals surface area (Å²) in [6, 6.07) is 4.85. The summed E-state index contributed by atoms with van der Waals surface area (Å²) in [5.41, 5.74) is 2.10. The van der Waals surface area contributed by atoms with Crippen LogP contribution in [0.4, 0.5) is 24.8 Å². The van der Waals surface area contributed by atoms with Crippen molar-refractivity contribution < 1.29 is 17.6 Å². The first-order valence-electron chi connectivity index (χ1n) is 5.99. The number of hydrazine groups is 1. The van der Waals surface area contributed by atoms with Crippen molar-refractivity contribution in [1.29, 1.82) is 0 Å². The van der Waals surface area contributed by atoms with Crippen LogP contribution in [0.25, 0.3) is 0 Å². The van der Waals surface area contributed by atoms with Crippen molar-refractivity contribution in [2.45, 2.75) is 19.6 Å². The fraction of sp³-hybridized carbons (Fsp3) is 0.333. The number of nitrogen functional groups attached to an aromatic ring is 1. The van der Waals surface area contributed by atoms with Gasteiger partial charge in [0.2, 0.25) is 5.82 Å². The van der Waals surface area contributed by atoms with Gasteiger partial charge >= 0.3 is 6.18 Å². The predicted octanol–water partition coefficient (Wildman–Crippen LogP) is 2.32. The zero-order valence-corrected chi connectivity index (χ0v) is 11.4. The van der Waals surface area contributed by atoms with Gasteiger partial charge in [-0.3, -0.25) is 0 Å². The zero-order valence-electron chi connectivity index (χ0n) is 11.4. The molecule has 0 saturated heterocycles. The summed E-state index contributed by atoms with van der Waals surface area (Å²) >= 11 is 0. The summed E-state index contributed by atoms with van der Waals surface area (Å²) in [7, 11) is 1.60. The number of nitrogens with two attached hydrogens (primary N) is 1. The highest BCUT2D eigenvalue weighted by molar-refractivity contribution is 5.48. The second-order valence-corrected chi connectivity index (χ2v) is 4.45. The van der Waals surface area contributed by atoms with Gasteiger partial charge in [-0.05, 0) is 19.1 Å². The minimum absolute atomic E-state index is 0.0827. The normalized spacial score (nSPS) is 11.5. The molecule has 21 heavy (non-hydrogen) atoms. The molecule has 0 atom stereocenters. The van der Waals surface area contributed by atoms with Crippen LogP contribution in [-0.2, 0) is 12.7 Å². The number of aromatic nitrogens is 2. The van der Waals surface area contributed by atoms with Gasteiger partial charge in [-0.1, -0.05) is 0 Å². The molecule has 0 aliphatic rings. The Kier molecular flexibility index (Phi) is 4.03. The van der Waals surface area contributed by atoms with E-state index in [0.717, 1.165) is 5.76 Å². The molecule has 9 heteroatoms. The average Bonchev–Trinajstić information content (AvgIpc) is 2.82. The lowest BCUT2D eigenvalue weighted by Gasteiger charge is -2.18. The summed E-state index contributed by atoms with van der Waals surface area (Å²) in [6.45, 7) is 2.05. The van der Waals surface area contributed by atoms with Gasteiger partial charge in [-0.15, -0.1) is 0 Å². The highest BCUT2D eigenvalue weighted by Crippen LogP contribution is 2.29. The number of aryl methyl sites for hydroxylation is 1. The maximum absolute atomic E-state index is 12.7. The smallest absolute Gasteiger partial charge is 0.451 e. The van der Waals surface area contributed by atoms with E-state index in [0.29, 0.717) is 5.76 Å². The summed E-state index contributed by atoms with van der Waals surface area (Å²) in [6.07, 6.45) is -4.65. The molecule has 2 aromatic rings. The van der Waals surface area contributed by atoms with Crippen molar-refractivity contribution in [1.82, 2.24) is 9.97 Å². The van der Waals surface area contributed by atoms with Gasteiger partial charge in [-0.25, -0.2) is 15.8 Å². The van der Waals surface area contributed by atoms with Crippen LogP contribution in [0.15, 0.2) is 22.6 Å². The Hall–Kier alpha value is -2.29. The number of halogens is 3. The molecule has 0 aromatic carbocycles. The molecule has 0 unspecified atom stereocenters. The van der Waals surface area contributed by atoms with E-state index >= 15 is 0 Å². The van der Waals surface area contributed by atoms with Crippen LogP contribution >= 0.6 is 0 Å². The topological polar surface area (TPSA) is 80.2 Å². The van der Waals surface area contributed by atoms with Gasteiger partial charge in [0.15, 0.2) is 0 Å². The van der Waals surface area contributed by atoms with Crippen LogP contribution in [0.2, 0.25) is 0 Å². The first-order chi connectivity index (χ1) is 9.79. The van der Waals surface area contributed by atoms with Gasteiger partial charge in [0.05, 0.1) is 6.54 Å². The first-order valence-corrected chi connectivity index (χ1v) is 5.99. The van der Waals surface area contributed by atoms with Crippen LogP contribution in [0.3, 0.4) is 0 Å². The summed E-state index contributed by atoms with van der Waals surface area (Å²) in [4.78, 5) is 8.31. The predicted molar refractivity (Wildman–Crippen MR) is 70.4 cm³/mol. The second-order valence-electron chi connectivity index (χ2n) is 4.45. The molecule has 0 aliphatic carbocycles. The number of anilines is 2. The second kappa shape index (κ2) is 5.60. The average molecular weight is 301 g/mol. The van der Waals surface area contributed by atoms with Gasteiger partial charge < -0.3 is 14.7 Å². The number of rotatable bonds is 4. The Bertz CT molecular complexity index is 626. The standard InChI is InChI=1S/C12H14F3N5O/c1-7-3-4-8(21-7)6-20(2)10-5-9(19-16)17-11(18-10)12(13,14)15/h3-5H,6,16H2,1-2H3,(H,17,18,19). The highest BCUT2D eigenvalue weighted by atomic mass is 19.4. The van der Waals surface area contributed by atoms with Gasteiger partial charge in [-0.2, -0.15) is 13.2 Å². The van der Waals surface area contributed by atoms with Crippen LogP contribution < -0.4 is 16.2 Å². The van der Waals surface area contributed by atoms with Crippen molar-refractivity contribution in [2.75, 3.05) is 17.4 Å². The third kappa shape index (κ3) is 3.63. The van der Waals surface area contributed by atoms with Crippen molar-refractivity contribution in [3.8, 4) is 0 Å². The Morgan fingerprint density at radius 2 is 2.05 bits per heavy atom. The number of nitrogens with one attached hydrogen (secondary N) is 1. The van der Waals surface area contributed by atoms with E-state index in [2.05, 4.69) is 15.4 Å². The minimum Gasteiger partial charge on any atom is -0.464 e. The first kappa shape index (κ1) is 15.1. The Morgan fingerprint density at radius 1 is 1.33 bits per heavy atom. The van der Waals surface area contributed by atoms with Gasteiger partial charge in [0.25, 0.3) is 0 Å². The van der Waals surface area contributed by atoms with E-state index in [1.165, 1.54) is 11.0 Å². The van der Waals surface area contributed by atoms with E-state index in [4.69, 9.17) is 10.3 Å². The third-order valence-electron chi connectivity index (χ3n) is 2.69. The Labute approximate surface area is 118 Å². The molecule has 2 aromatic heterocycles. The van der Waals surface area contributed by atoms with E-state index in [1.54, 1.807) is 26.1 Å². The van der Waals surface area contributed by atoms with E-state index in [-0.39, 0.29) is 18.2 Å². The maximum atomic E-state index is 12.7. The monoisotopic (exact) mass is 301 g/mol. The number of hydrogen-bond acceptors (Lipinski definition) is 6. The third-order valence-corrected chi connectivity index (χ3v) is 2.69. The van der Waals surface area contributed by atoms with Crippen LogP contribution in [-0.4, -0.2) is 17.0 Å². The van der Waals surface area contributed by atoms with Gasteiger partial charge in [0, 0.05) is 13.1 Å².